The molecule has 3 heterocycles. The summed E-state index contributed by atoms with van der Waals surface area (Å²) in [6, 6.07) is 12.6. The first-order valence-electron chi connectivity index (χ1n) is 9.55. The molecule has 1 aliphatic heterocycles. The third-order valence-corrected chi connectivity index (χ3v) is 5.23. The Morgan fingerprint density at radius 1 is 1.10 bits per heavy atom. The predicted octanol–water partition coefficient (Wildman–Crippen LogP) is 4.37. The van der Waals surface area contributed by atoms with E-state index in [9.17, 15) is 13.6 Å². The van der Waals surface area contributed by atoms with Crippen LogP contribution in [-0.2, 0) is 0 Å². The largest absolute Gasteiger partial charge is 0.356 e. The standard InChI is InChI=1S/C22H17F2N5O/c23-17-4-1-3-15(20(17)24)13-5-7-18-16(11-13)21(28-27-18)22(30)26-14-6-8-19(25-12-14)29-9-2-10-29/h1,3-8,11-12H,2,9-10H2,(H,26,30)(H,27,28). The number of pyridine rings is 1. The summed E-state index contributed by atoms with van der Waals surface area (Å²) in [5.41, 5.74) is 1.90. The number of amides is 1. The minimum absolute atomic E-state index is 0.121. The van der Waals surface area contributed by atoms with Crippen LogP contribution in [0.3, 0.4) is 0 Å². The number of aromatic amines is 1. The Morgan fingerprint density at radius 2 is 1.97 bits per heavy atom. The van der Waals surface area contributed by atoms with Gasteiger partial charge < -0.3 is 10.2 Å². The number of carbonyl (C=O) groups excluding carboxylic acids is 1. The zero-order chi connectivity index (χ0) is 20.7. The molecule has 1 fully saturated rings. The fourth-order valence-corrected chi connectivity index (χ4v) is 3.46. The maximum atomic E-state index is 14.2. The van der Waals surface area contributed by atoms with Crippen molar-refractivity contribution < 1.29 is 13.6 Å². The number of nitrogens with zero attached hydrogens (tertiary/aromatic N) is 3. The molecule has 6 nitrogen and oxygen atoms in total. The molecule has 150 valence electrons. The quantitative estimate of drug-likeness (QED) is 0.529. The highest BCUT2D eigenvalue weighted by molar-refractivity contribution is 6.11. The van der Waals surface area contributed by atoms with Crippen LogP contribution in [0.4, 0.5) is 20.3 Å². The number of hydrogen-bond acceptors (Lipinski definition) is 4. The first-order chi connectivity index (χ1) is 14.6. The Balaban J connectivity index is 1.43. The minimum atomic E-state index is -0.931. The van der Waals surface area contributed by atoms with Gasteiger partial charge in [-0.3, -0.25) is 9.89 Å². The highest BCUT2D eigenvalue weighted by atomic mass is 19.2. The van der Waals surface area contributed by atoms with Crippen molar-refractivity contribution >= 4 is 28.3 Å². The molecule has 8 heteroatoms. The smallest absolute Gasteiger partial charge is 0.276 e. The van der Waals surface area contributed by atoms with Gasteiger partial charge in [-0.25, -0.2) is 13.8 Å². The van der Waals surface area contributed by atoms with Crippen molar-refractivity contribution in [2.45, 2.75) is 6.42 Å². The number of aromatic nitrogens is 3. The van der Waals surface area contributed by atoms with Gasteiger partial charge in [0.2, 0.25) is 0 Å². The van der Waals surface area contributed by atoms with Crippen LogP contribution in [0.25, 0.3) is 22.0 Å². The van der Waals surface area contributed by atoms with E-state index in [2.05, 4.69) is 25.4 Å². The van der Waals surface area contributed by atoms with E-state index in [1.165, 1.54) is 12.1 Å². The van der Waals surface area contributed by atoms with Crippen LogP contribution in [-0.4, -0.2) is 34.2 Å². The topological polar surface area (TPSA) is 73.9 Å². The molecule has 5 rings (SSSR count). The van der Waals surface area contributed by atoms with E-state index < -0.39 is 17.5 Å². The summed E-state index contributed by atoms with van der Waals surface area (Å²) in [4.78, 5) is 19.3. The first kappa shape index (κ1) is 18.2. The molecule has 0 unspecified atom stereocenters. The van der Waals surface area contributed by atoms with Gasteiger partial charge in [-0.2, -0.15) is 5.10 Å². The highest BCUT2D eigenvalue weighted by Crippen LogP contribution is 2.29. The number of carbonyl (C=O) groups is 1. The Labute approximate surface area is 170 Å². The van der Waals surface area contributed by atoms with Crippen molar-refractivity contribution in [1.82, 2.24) is 15.2 Å². The van der Waals surface area contributed by atoms with Crippen molar-refractivity contribution in [2.75, 3.05) is 23.3 Å². The first-order valence-corrected chi connectivity index (χ1v) is 9.55. The van der Waals surface area contributed by atoms with Crippen LogP contribution >= 0.6 is 0 Å². The van der Waals surface area contributed by atoms with Crippen molar-refractivity contribution in [1.29, 1.82) is 0 Å². The fourth-order valence-electron chi connectivity index (χ4n) is 3.46. The van der Waals surface area contributed by atoms with Gasteiger partial charge in [0.05, 0.1) is 17.4 Å². The summed E-state index contributed by atoms with van der Waals surface area (Å²) in [6.07, 6.45) is 2.77. The van der Waals surface area contributed by atoms with E-state index in [1.54, 1.807) is 30.5 Å². The Kier molecular flexibility index (Phi) is 4.39. The maximum absolute atomic E-state index is 14.2. The lowest BCUT2D eigenvalue weighted by atomic mass is 10.0. The van der Waals surface area contributed by atoms with Crippen LogP contribution in [0, 0.1) is 11.6 Å². The van der Waals surface area contributed by atoms with E-state index >= 15 is 0 Å². The number of fused-ring (bicyclic) bond motifs is 1. The second-order valence-electron chi connectivity index (χ2n) is 7.13. The molecule has 2 aromatic heterocycles. The molecule has 0 radical (unpaired) electrons. The molecule has 0 aliphatic carbocycles. The third kappa shape index (κ3) is 3.16. The van der Waals surface area contributed by atoms with Crippen LogP contribution in [0.15, 0.2) is 54.7 Å². The number of hydrogen-bond donors (Lipinski definition) is 2. The monoisotopic (exact) mass is 405 g/mol. The summed E-state index contributed by atoms with van der Waals surface area (Å²) in [5.74, 6) is -1.39. The molecular formula is C22H17F2N5O. The van der Waals surface area contributed by atoms with E-state index in [0.29, 0.717) is 22.2 Å². The number of benzene rings is 2. The summed E-state index contributed by atoms with van der Waals surface area (Å²) >= 11 is 0. The minimum Gasteiger partial charge on any atom is -0.356 e. The van der Waals surface area contributed by atoms with Crippen LogP contribution in [0.2, 0.25) is 0 Å². The molecule has 0 atom stereocenters. The number of halogens is 2. The molecule has 1 amide bonds. The van der Waals surface area contributed by atoms with Gasteiger partial charge in [0.15, 0.2) is 17.3 Å². The molecule has 2 aromatic carbocycles. The number of nitrogens with one attached hydrogen (secondary N) is 2. The van der Waals surface area contributed by atoms with Crippen molar-refractivity contribution in [3.63, 3.8) is 0 Å². The SMILES string of the molecule is O=C(Nc1ccc(N2CCC2)nc1)c1n[nH]c2ccc(-c3cccc(F)c3F)cc12. The van der Waals surface area contributed by atoms with Gasteiger partial charge >= 0.3 is 0 Å². The Hall–Kier alpha value is -3.81. The molecule has 1 saturated heterocycles. The number of anilines is 2. The van der Waals surface area contributed by atoms with Crippen LogP contribution in [0.1, 0.15) is 16.9 Å². The Morgan fingerprint density at radius 3 is 2.70 bits per heavy atom. The number of rotatable bonds is 4. The van der Waals surface area contributed by atoms with Gasteiger partial charge in [0, 0.05) is 24.0 Å². The van der Waals surface area contributed by atoms with E-state index in [0.717, 1.165) is 31.4 Å². The summed E-state index contributed by atoms with van der Waals surface area (Å²) in [5, 5.41) is 10.2. The zero-order valence-corrected chi connectivity index (χ0v) is 15.8. The summed E-state index contributed by atoms with van der Waals surface area (Å²) < 4.78 is 27.8. The van der Waals surface area contributed by atoms with E-state index in [1.807, 2.05) is 6.07 Å². The molecule has 0 spiro atoms. The average Bonchev–Trinajstić information content (AvgIpc) is 3.13. The lowest BCUT2D eigenvalue weighted by molar-refractivity contribution is 0.102. The second-order valence-corrected chi connectivity index (χ2v) is 7.13. The van der Waals surface area contributed by atoms with Crippen molar-refractivity contribution in [3.05, 3.63) is 72.1 Å². The highest BCUT2D eigenvalue weighted by Gasteiger charge is 2.18. The maximum Gasteiger partial charge on any atom is 0.276 e. The average molecular weight is 405 g/mol. The lowest BCUT2D eigenvalue weighted by Gasteiger charge is -2.31. The van der Waals surface area contributed by atoms with Crippen LogP contribution < -0.4 is 10.2 Å². The molecule has 2 N–H and O–H groups in total. The van der Waals surface area contributed by atoms with Crippen molar-refractivity contribution in [3.8, 4) is 11.1 Å². The Bertz CT molecular complexity index is 1250. The van der Waals surface area contributed by atoms with Crippen molar-refractivity contribution in [2.24, 2.45) is 0 Å². The molecule has 1 aliphatic rings. The normalized spacial score (nSPS) is 13.3. The summed E-state index contributed by atoms with van der Waals surface area (Å²) in [6.45, 7) is 1.98. The van der Waals surface area contributed by atoms with Gasteiger partial charge in [-0.1, -0.05) is 18.2 Å². The zero-order valence-electron chi connectivity index (χ0n) is 15.8. The second kappa shape index (κ2) is 7.22. The van der Waals surface area contributed by atoms with Gasteiger partial charge in [0.1, 0.15) is 5.82 Å². The molecular weight excluding hydrogens is 388 g/mol. The molecule has 4 aromatic rings. The van der Waals surface area contributed by atoms with E-state index in [4.69, 9.17) is 0 Å². The molecule has 30 heavy (non-hydrogen) atoms. The van der Waals surface area contributed by atoms with Gasteiger partial charge in [0.25, 0.3) is 5.91 Å². The summed E-state index contributed by atoms with van der Waals surface area (Å²) in [7, 11) is 0. The molecule has 0 bridgehead atoms. The van der Waals surface area contributed by atoms with E-state index in [-0.39, 0.29) is 11.3 Å². The molecule has 0 saturated carbocycles. The van der Waals surface area contributed by atoms with Gasteiger partial charge in [-0.05, 0) is 42.3 Å². The third-order valence-electron chi connectivity index (χ3n) is 5.23. The lowest BCUT2D eigenvalue weighted by Crippen LogP contribution is -2.37. The van der Waals surface area contributed by atoms with Gasteiger partial charge in [-0.15, -0.1) is 0 Å². The van der Waals surface area contributed by atoms with Crippen LogP contribution in [0.5, 0.6) is 0 Å². The fraction of sp³-hybridized carbons (Fsp3) is 0.136. The predicted molar refractivity (Wildman–Crippen MR) is 110 cm³/mol. The number of H-pyrrole nitrogens is 1.